The van der Waals surface area contributed by atoms with E-state index < -0.39 is 24.2 Å². The highest BCUT2D eigenvalue weighted by Crippen LogP contribution is 2.44. The first-order chi connectivity index (χ1) is 18.4. The van der Waals surface area contributed by atoms with E-state index >= 15 is 0 Å². The molecule has 1 unspecified atom stereocenters. The third kappa shape index (κ3) is 8.09. The summed E-state index contributed by atoms with van der Waals surface area (Å²) in [5, 5.41) is 17.1. The molecule has 0 aromatic heterocycles. The number of hydrogen-bond acceptors (Lipinski definition) is 6. The van der Waals surface area contributed by atoms with Gasteiger partial charge in [0.05, 0.1) is 0 Å². The number of rotatable bonds is 14. The molecule has 3 amide bonds. The monoisotopic (exact) mass is 523 g/mol. The zero-order valence-corrected chi connectivity index (χ0v) is 21.1. The normalized spacial score (nSPS) is 12.4. The molecule has 0 bridgehead atoms. The van der Waals surface area contributed by atoms with E-state index in [2.05, 4.69) is 22.5 Å². The minimum absolute atomic E-state index is 0.0630. The summed E-state index contributed by atoms with van der Waals surface area (Å²) in [5.74, 6) is -1.72. The third-order valence-electron chi connectivity index (χ3n) is 6.12. The Labute approximate surface area is 221 Å². The van der Waals surface area contributed by atoms with Crippen molar-refractivity contribution in [1.82, 2.24) is 16.0 Å². The van der Waals surface area contributed by atoms with Crippen LogP contribution in [-0.2, 0) is 19.1 Å². The Kier molecular flexibility index (Phi) is 10.7. The molecule has 10 nitrogen and oxygen atoms in total. The fourth-order valence-corrected chi connectivity index (χ4v) is 4.26. The molecule has 0 aliphatic heterocycles. The first kappa shape index (κ1) is 28.2. The molecule has 1 aliphatic carbocycles. The minimum atomic E-state index is -1.26. The van der Waals surface area contributed by atoms with Gasteiger partial charge in [0.2, 0.25) is 5.91 Å². The van der Waals surface area contributed by atoms with E-state index in [1.807, 2.05) is 48.5 Å². The largest absolute Gasteiger partial charge is 0.480 e. The van der Waals surface area contributed by atoms with Gasteiger partial charge in [-0.2, -0.15) is 0 Å². The lowest BCUT2D eigenvalue weighted by atomic mass is 9.98. The number of amides is 3. The predicted molar refractivity (Wildman–Crippen MR) is 141 cm³/mol. The van der Waals surface area contributed by atoms with Gasteiger partial charge in [-0.1, -0.05) is 61.2 Å². The summed E-state index contributed by atoms with van der Waals surface area (Å²) >= 11 is 0. The second-order valence-electron chi connectivity index (χ2n) is 8.77. The van der Waals surface area contributed by atoms with E-state index in [9.17, 15) is 24.3 Å². The van der Waals surface area contributed by atoms with Crippen LogP contribution in [0.3, 0.4) is 0 Å². The molecule has 0 saturated heterocycles. The Morgan fingerprint density at radius 2 is 1.50 bits per heavy atom. The highest BCUT2D eigenvalue weighted by molar-refractivity contribution is 5.82. The van der Waals surface area contributed by atoms with Crippen molar-refractivity contribution in [2.24, 2.45) is 0 Å². The lowest BCUT2D eigenvalue weighted by molar-refractivity contribution is -0.139. The van der Waals surface area contributed by atoms with Crippen LogP contribution in [0.1, 0.15) is 42.7 Å². The highest BCUT2D eigenvalue weighted by atomic mass is 16.6. The lowest BCUT2D eigenvalue weighted by Gasteiger charge is -2.17. The fraction of sp³-hybridized carbons (Fsp3) is 0.357. The van der Waals surface area contributed by atoms with E-state index in [1.165, 1.54) is 6.08 Å². The van der Waals surface area contributed by atoms with Crippen molar-refractivity contribution >= 4 is 24.1 Å². The van der Waals surface area contributed by atoms with Gasteiger partial charge < -0.3 is 30.5 Å². The summed E-state index contributed by atoms with van der Waals surface area (Å²) in [6.07, 6.45) is 1.18. The first-order valence-corrected chi connectivity index (χ1v) is 12.5. The van der Waals surface area contributed by atoms with Gasteiger partial charge in [-0.3, -0.25) is 4.79 Å². The van der Waals surface area contributed by atoms with Crippen LogP contribution in [0.25, 0.3) is 11.1 Å². The molecule has 3 rings (SSSR count). The maximum absolute atomic E-state index is 12.4. The number of alkyl carbamates (subject to hydrolysis) is 2. The molecule has 2 aromatic rings. The van der Waals surface area contributed by atoms with Gasteiger partial charge in [0, 0.05) is 25.4 Å². The Morgan fingerprint density at radius 3 is 2.11 bits per heavy atom. The molecule has 202 valence electrons. The van der Waals surface area contributed by atoms with Gasteiger partial charge in [0.25, 0.3) is 0 Å². The number of hydrogen-bond donors (Lipinski definition) is 4. The number of benzene rings is 2. The van der Waals surface area contributed by atoms with Gasteiger partial charge in [-0.25, -0.2) is 14.4 Å². The summed E-state index contributed by atoms with van der Waals surface area (Å²) in [5.41, 5.74) is 4.29. The van der Waals surface area contributed by atoms with Gasteiger partial charge in [-0.15, -0.1) is 0 Å². The van der Waals surface area contributed by atoms with E-state index in [0.29, 0.717) is 25.9 Å². The number of aliphatic carboxylic acids is 1. The van der Waals surface area contributed by atoms with E-state index in [4.69, 9.17) is 9.47 Å². The van der Waals surface area contributed by atoms with Gasteiger partial charge >= 0.3 is 18.2 Å². The van der Waals surface area contributed by atoms with Crippen LogP contribution in [0, 0.1) is 0 Å². The summed E-state index contributed by atoms with van der Waals surface area (Å²) in [4.78, 5) is 47.5. The fourth-order valence-electron chi connectivity index (χ4n) is 4.26. The molecular weight excluding hydrogens is 490 g/mol. The van der Waals surface area contributed by atoms with E-state index in [-0.39, 0.29) is 37.9 Å². The van der Waals surface area contributed by atoms with Crippen molar-refractivity contribution in [2.45, 2.75) is 37.6 Å². The van der Waals surface area contributed by atoms with Crippen molar-refractivity contribution < 1.29 is 33.8 Å². The quantitative estimate of drug-likeness (QED) is 0.219. The molecule has 1 atom stereocenters. The number of carboxylic acid groups (broad SMARTS) is 1. The number of carbonyl (C=O) groups excluding carboxylic acids is 3. The number of fused-ring (bicyclic) bond motifs is 3. The Bertz CT molecular complexity index is 1110. The first-order valence-electron chi connectivity index (χ1n) is 12.5. The minimum Gasteiger partial charge on any atom is -0.480 e. The number of ether oxygens (including phenoxy) is 2. The zero-order valence-electron chi connectivity index (χ0n) is 21.1. The van der Waals surface area contributed by atoms with Crippen molar-refractivity contribution in [3.8, 4) is 11.1 Å². The molecule has 10 heteroatoms. The maximum Gasteiger partial charge on any atom is 0.407 e. The second kappa shape index (κ2) is 14.4. The Balaban J connectivity index is 1.37. The molecule has 1 aliphatic rings. The summed E-state index contributed by atoms with van der Waals surface area (Å²) in [6, 6.07) is 14.6. The number of carboxylic acids is 1. The molecule has 0 saturated carbocycles. The summed E-state index contributed by atoms with van der Waals surface area (Å²) < 4.78 is 10.2. The molecular formula is C28H33N3O7. The van der Waals surface area contributed by atoms with Crippen LogP contribution >= 0.6 is 0 Å². The Hall–Kier alpha value is -4.34. The summed E-state index contributed by atoms with van der Waals surface area (Å²) in [7, 11) is 0. The number of unbranched alkanes of at least 4 members (excludes halogenated alkanes) is 1. The van der Waals surface area contributed by atoms with Crippen LogP contribution in [0.4, 0.5) is 9.59 Å². The van der Waals surface area contributed by atoms with Crippen molar-refractivity contribution in [3.63, 3.8) is 0 Å². The zero-order chi connectivity index (χ0) is 27.3. The van der Waals surface area contributed by atoms with E-state index in [1.54, 1.807) is 0 Å². The highest BCUT2D eigenvalue weighted by Gasteiger charge is 2.29. The van der Waals surface area contributed by atoms with Crippen LogP contribution in [0.15, 0.2) is 61.2 Å². The van der Waals surface area contributed by atoms with Crippen LogP contribution in [0.2, 0.25) is 0 Å². The van der Waals surface area contributed by atoms with Crippen molar-refractivity contribution in [1.29, 1.82) is 0 Å². The smallest absolute Gasteiger partial charge is 0.407 e. The molecule has 0 heterocycles. The number of nitrogens with one attached hydrogen (secondary N) is 3. The second-order valence-corrected chi connectivity index (χ2v) is 8.77. The van der Waals surface area contributed by atoms with Crippen LogP contribution < -0.4 is 16.0 Å². The van der Waals surface area contributed by atoms with Gasteiger partial charge in [0.15, 0.2) is 0 Å². The SMILES string of the molecule is C=CCOC(=O)NCCCCNC(=O)CCC(NC(=O)OCC1c2ccccc2-c2ccccc21)C(=O)O. The van der Waals surface area contributed by atoms with E-state index in [0.717, 1.165) is 22.3 Å². The molecule has 0 radical (unpaired) electrons. The predicted octanol–water partition coefficient (Wildman–Crippen LogP) is 3.57. The summed E-state index contributed by atoms with van der Waals surface area (Å²) in [6.45, 7) is 4.42. The van der Waals surface area contributed by atoms with Gasteiger partial charge in [0.1, 0.15) is 19.3 Å². The average Bonchev–Trinajstić information content (AvgIpc) is 3.24. The van der Waals surface area contributed by atoms with Crippen LogP contribution in [0.5, 0.6) is 0 Å². The molecule has 2 aromatic carbocycles. The number of carbonyl (C=O) groups is 4. The topological polar surface area (TPSA) is 143 Å². The third-order valence-corrected chi connectivity index (χ3v) is 6.12. The van der Waals surface area contributed by atoms with Crippen molar-refractivity contribution in [3.05, 3.63) is 72.3 Å². The van der Waals surface area contributed by atoms with Gasteiger partial charge in [-0.05, 0) is 41.5 Å². The molecule has 38 heavy (non-hydrogen) atoms. The standard InChI is InChI=1S/C28H33N3O7/c1-2-17-37-27(35)30-16-8-7-15-29-25(32)14-13-24(26(33)34)31-28(36)38-18-23-21-11-5-3-9-19(21)20-10-4-6-12-22(20)23/h2-6,9-12,23-24H,1,7-8,13-18H2,(H,29,32)(H,30,35)(H,31,36)(H,33,34). The lowest BCUT2D eigenvalue weighted by Crippen LogP contribution is -2.42. The van der Waals surface area contributed by atoms with Crippen molar-refractivity contribution in [2.75, 3.05) is 26.3 Å². The van der Waals surface area contributed by atoms with Crippen LogP contribution in [-0.4, -0.2) is 61.5 Å². The maximum atomic E-state index is 12.4. The molecule has 0 spiro atoms. The molecule has 4 N–H and O–H groups in total. The molecule has 0 fully saturated rings. The Morgan fingerprint density at radius 1 is 0.895 bits per heavy atom. The average molecular weight is 524 g/mol.